The Labute approximate surface area is 172 Å². The summed E-state index contributed by atoms with van der Waals surface area (Å²) in [6.45, 7) is -2.20. The maximum Gasteiger partial charge on any atom is 0.422 e. The van der Waals surface area contributed by atoms with E-state index < -0.39 is 43.1 Å². The molecule has 1 aliphatic heterocycles. The second-order valence-electron chi connectivity index (χ2n) is 6.34. The average molecular weight is 437 g/mol. The van der Waals surface area contributed by atoms with Gasteiger partial charge in [0.1, 0.15) is 0 Å². The summed E-state index contributed by atoms with van der Waals surface area (Å²) in [5, 5.41) is 2.43. The van der Waals surface area contributed by atoms with Gasteiger partial charge >= 0.3 is 12.1 Å². The predicted octanol–water partition coefficient (Wildman–Crippen LogP) is 2.04. The molecular formula is C19H14F3N3O6. The quantitative estimate of drug-likeness (QED) is 0.543. The van der Waals surface area contributed by atoms with Crippen molar-refractivity contribution in [1.29, 1.82) is 0 Å². The van der Waals surface area contributed by atoms with Gasteiger partial charge in [0.15, 0.2) is 13.2 Å². The molecule has 0 fully saturated rings. The molecule has 9 nitrogen and oxygen atoms in total. The summed E-state index contributed by atoms with van der Waals surface area (Å²) in [5.74, 6) is -2.92. The van der Waals surface area contributed by atoms with Gasteiger partial charge < -0.3 is 14.8 Å². The summed E-state index contributed by atoms with van der Waals surface area (Å²) >= 11 is 0. The van der Waals surface area contributed by atoms with Crippen LogP contribution in [0.25, 0.3) is 0 Å². The van der Waals surface area contributed by atoms with Crippen molar-refractivity contribution in [2.45, 2.75) is 6.18 Å². The molecular weight excluding hydrogens is 423 g/mol. The number of aromatic nitrogens is 1. The number of benzene rings is 1. The van der Waals surface area contributed by atoms with Crippen LogP contribution in [0.15, 0.2) is 36.5 Å². The molecule has 0 radical (unpaired) electrons. The molecule has 162 valence electrons. The summed E-state index contributed by atoms with van der Waals surface area (Å²) < 4.78 is 45.5. The number of nitrogens with one attached hydrogen (secondary N) is 1. The largest absolute Gasteiger partial charge is 0.468 e. The number of amides is 3. The van der Waals surface area contributed by atoms with Gasteiger partial charge in [0.2, 0.25) is 5.88 Å². The number of imide groups is 1. The summed E-state index contributed by atoms with van der Waals surface area (Å²) in [4.78, 5) is 52.3. The molecule has 0 unspecified atom stereocenters. The van der Waals surface area contributed by atoms with E-state index >= 15 is 0 Å². The van der Waals surface area contributed by atoms with Crippen LogP contribution >= 0.6 is 0 Å². The van der Waals surface area contributed by atoms with E-state index in [1.54, 1.807) is 0 Å². The molecule has 1 aromatic heterocycles. The molecule has 2 aromatic rings. The Morgan fingerprint density at radius 1 is 1.10 bits per heavy atom. The van der Waals surface area contributed by atoms with Crippen molar-refractivity contribution in [2.24, 2.45) is 0 Å². The van der Waals surface area contributed by atoms with Gasteiger partial charge in [-0.3, -0.25) is 19.3 Å². The van der Waals surface area contributed by atoms with E-state index in [1.165, 1.54) is 25.2 Å². The van der Waals surface area contributed by atoms with Crippen LogP contribution in [0.2, 0.25) is 0 Å². The highest BCUT2D eigenvalue weighted by Gasteiger charge is 2.33. The molecule has 12 heteroatoms. The standard InChI is InChI=1S/C19H14F3N3O6/c1-25-16(27)12-4-3-11(6-13(12)17(25)28)24-14(26)8-30-18(29)10-2-5-15(23-7-10)31-9-19(20,21)22/h2-7H,8-9H2,1H3,(H,24,26). The molecule has 1 N–H and O–H groups in total. The number of esters is 1. The van der Waals surface area contributed by atoms with Gasteiger partial charge in [-0.15, -0.1) is 0 Å². The van der Waals surface area contributed by atoms with Gasteiger partial charge in [-0.05, 0) is 24.3 Å². The molecule has 0 saturated carbocycles. The van der Waals surface area contributed by atoms with Crippen molar-refractivity contribution in [1.82, 2.24) is 9.88 Å². The fourth-order valence-corrected chi connectivity index (χ4v) is 2.59. The zero-order chi connectivity index (χ0) is 22.8. The maximum absolute atomic E-state index is 12.1. The van der Waals surface area contributed by atoms with Crippen molar-refractivity contribution in [3.8, 4) is 5.88 Å². The fraction of sp³-hybridized carbons (Fsp3) is 0.211. The number of pyridine rings is 1. The first-order valence-corrected chi connectivity index (χ1v) is 8.64. The Balaban J connectivity index is 1.53. The van der Waals surface area contributed by atoms with Crippen molar-refractivity contribution in [3.63, 3.8) is 0 Å². The van der Waals surface area contributed by atoms with Crippen LogP contribution in [-0.2, 0) is 9.53 Å². The Kier molecular flexibility index (Phi) is 5.90. The van der Waals surface area contributed by atoms with Crippen LogP contribution in [0.5, 0.6) is 5.88 Å². The van der Waals surface area contributed by atoms with Gasteiger partial charge in [0, 0.05) is 25.0 Å². The summed E-state index contributed by atoms with van der Waals surface area (Å²) in [7, 11) is 1.34. The first-order chi connectivity index (χ1) is 14.5. The number of halogens is 3. The van der Waals surface area contributed by atoms with E-state index in [2.05, 4.69) is 15.0 Å². The first-order valence-electron chi connectivity index (χ1n) is 8.64. The van der Waals surface area contributed by atoms with Crippen LogP contribution in [-0.4, -0.2) is 60.0 Å². The van der Waals surface area contributed by atoms with E-state index in [-0.39, 0.29) is 28.3 Å². The van der Waals surface area contributed by atoms with Crippen LogP contribution in [0, 0.1) is 0 Å². The third-order valence-electron chi connectivity index (χ3n) is 4.06. The molecule has 3 amide bonds. The third-order valence-corrected chi connectivity index (χ3v) is 4.06. The zero-order valence-corrected chi connectivity index (χ0v) is 15.9. The molecule has 1 aromatic carbocycles. The molecule has 0 spiro atoms. The lowest BCUT2D eigenvalue weighted by molar-refractivity contribution is -0.154. The van der Waals surface area contributed by atoms with Gasteiger partial charge in [0.05, 0.1) is 16.7 Å². The highest BCUT2D eigenvalue weighted by molar-refractivity contribution is 6.21. The van der Waals surface area contributed by atoms with E-state index in [1.807, 2.05) is 0 Å². The number of carbonyl (C=O) groups excluding carboxylic acids is 4. The minimum absolute atomic E-state index is 0.100. The lowest BCUT2D eigenvalue weighted by Crippen LogP contribution is -2.24. The maximum atomic E-state index is 12.1. The smallest absolute Gasteiger partial charge is 0.422 e. The first kappa shape index (κ1) is 21.7. The number of nitrogens with zero attached hydrogens (tertiary/aromatic N) is 2. The van der Waals surface area contributed by atoms with Gasteiger partial charge in [-0.1, -0.05) is 0 Å². The van der Waals surface area contributed by atoms with Crippen LogP contribution < -0.4 is 10.1 Å². The van der Waals surface area contributed by atoms with Crippen LogP contribution in [0.3, 0.4) is 0 Å². The van der Waals surface area contributed by atoms with E-state index in [9.17, 15) is 32.3 Å². The number of carbonyl (C=O) groups is 4. The second kappa shape index (κ2) is 8.42. The molecule has 2 heterocycles. The molecule has 0 saturated heterocycles. The van der Waals surface area contributed by atoms with Crippen molar-refractivity contribution in [3.05, 3.63) is 53.2 Å². The monoisotopic (exact) mass is 437 g/mol. The van der Waals surface area contributed by atoms with Crippen molar-refractivity contribution < 1.29 is 41.8 Å². The minimum Gasteiger partial charge on any atom is -0.468 e. The number of fused-ring (bicyclic) bond motifs is 1. The van der Waals surface area contributed by atoms with Crippen molar-refractivity contribution >= 4 is 29.4 Å². The number of rotatable bonds is 6. The lowest BCUT2D eigenvalue weighted by Gasteiger charge is -2.09. The van der Waals surface area contributed by atoms with E-state index in [0.717, 1.165) is 23.2 Å². The number of hydrogen-bond acceptors (Lipinski definition) is 7. The SMILES string of the molecule is CN1C(=O)c2ccc(NC(=O)COC(=O)c3ccc(OCC(F)(F)F)nc3)cc2C1=O. The second-order valence-corrected chi connectivity index (χ2v) is 6.34. The summed E-state index contributed by atoms with van der Waals surface area (Å²) in [5.41, 5.74) is 0.481. The normalized spacial score (nSPS) is 13.1. The average Bonchev–Trinajstić information content (AvgIpc) is 2.94. The third kappa shape index (κ3) is 5.15. The summed E-state index contributed by atoms with van der Waals surface area (Å²) in [6, 6.07) is 6.35. The van der Waals surface area contributed by atoms with Gasteiger partial charge in [-0.2, -0.15) is 13.2 Å². The summed E-state index contributed by atoms with van der Waals surface area (Å²) in [6.07, 6.45) is -3.57. The fourth-order valence-electron chi connectivity index (χ4n) is 2.59. The topological polar surface area (TPSA) is 115 Å². The number of ether oxygens (including phenoxy) is 2. The Bertz CT molecular complexity index is 1050. The molecule has 0 atom stereocenters. The molecule has 31 heavy (non-hydrogen) atoms. The Hall–Kier alpha value is -3.96. The molecule has 1 aliphatic rings. The molecule has 0 aliphatic carbocycles. The van der Waals surface area contributed by atoms with Gasteiger partial charge in [0.25, 0.3) is 17.7 Å². The highest BCUT2D eigenvalue weighted by Crippen LogP contribution is 2.24. The van der Waals surface area contributed by atoms with Crippen LogP contribution in [0.4, 0.5) is 18.9 Å². The minimum atomic E-state index is -4.52. The lowest BCUT2D eigenvalue weighted by atomic mass is 10.1. The van der Waals surface area contributed by atoms with E-state index in [0.29, 0.717) is 0 Å². The van der Waals surface area contributed by atoms with E-state index in [4.69, 9.17) is 4.74 Å². The predicted molar refractivity (Wildman–Crippen MR) is 97.6 cm³/mol. The van der Waals surface area contributed by atoms with Gasteiger partial charge in [-0.25, -0.2) is 9.78 Å². The van der Waals surface area contributed by atoms with Crippen LogP contribution in [0.1, 0.15) is 31.1 Å². The van der Waals surface area contributed by atoms with Crippen molar-refractivity contribution in [2.75, 3.05) is 25.6 Å². The number of alkyl halides is 3. The molecule has 0 bridgehead atoms. The Morgan fingerprint density at radius 2 is 1.81 bits per heavy atom. The Morgan fingerprint density at radius 3 is 2.45 bits per heavy atom. The zero-order valence-electron chi connectivity index (χ0n) is 15.9. The number of anilines is 1. The highest BCUT2D eigenvalue weighted by atomic mass is 19.4. The molecule has 3 rings (SSSR count). The number of hydrogen-bond donors (Lipinski definition) is 1.